The number of piperidine rings is 1. The first-order chi connectivity index (χ1) is 10.1. The number of carbonyl (C=O) groups excluding carboxylic acids is 1. The van der Waals surface area contributed by atoms with Gasteiger partial charge < -0.3 is 15.3 Å². The van der Waals surface area contributed by atoms with Crippen molar-refractivity contribution in [3.63, 3.8) is 0 Å². The van der Waals surface area contributed by atoms with E-state index in [4.69, 9.17) is 0 Å². The molecule has 1 aliphatic heterocycles. The van der Waals surface area contributed by atoms with Crippen LogP contribution in [0.2, 0.25) is 0 Å². The van der Waals surface area contributed by atoms with Gasteiger partial charge in [0, 0.05) is 37.5 Å². The van der Waals surface area contributed by atoms with Gasteiger partial charge in [-0.15, -0.1) is 11.3 Å². The molecule has 6 heteroatoms. The van der Waals surface area contributed by atoms with Crippen LogP contribution in [-0.2, 0) is 12.8 Å². The van der Waals surface area contributed by atoms with Crippen LogP contribution < -0.4 is 5.32 Å². The summed E-state index contributed by atoms with van der Waals surface area (Å²) in [7, 11) is 0. The van der Waals surface area contributed by atoms with Crippen LogP contribution in [0, 0.1) is 12.8 Å². The van der Waals surface area contributed by atoms with Crippen molar-refractivity contribution < 1.29 is 9.90 Å². The van der Waals surface area contributed by atoms with E-state index < -0.39 is 0 Å². The summed E-state index contributed by atoms with van der Waals surface area (Å²) >= 11 is 1.72. The van der Waals surface area contributed by atoms with E-state index in [0.29, 0.717) is 13.1 Å². The Morgan fingerprint density at radius 1 is 1.57 bits per heavy atom. The quantitative estimate of drug-likeness (QED) is 0.874. The van der Waals surface area contributed by atoms with Crippen molar-refractivity contribution in [3.05, 3.63) is 15.6 Å². The molecule has 0 aromatic carbocycles. The average Bonchev–Trinajstić information content (AvgIpc) is 2.87. The molecule has 2 N–H and O–H groups in total. The summed E-state index contributed by atoms with van der Waals surface area (Å²) in [6.07, 6.45) is 3.74. The fourth-order valence-electron chi connectivity index (χ4n) is 2.71. The summed E-state index contributed by atoms with van der Waals surface area (Å²) in [6.45, 7) is 6.46. The number of thiazole rings is 1. The molecule has 1 aliphatic rings. The molecular weight excluding hydrogens is 286 g/mol. The van der Waals surface area contributed by atoms with Gasteiger partial charge in [-0.3, -0.25) is 0 Å². The van der Waals surface area contributed by atoms with Gasteiger partial charge in [-0.25, -0.2) is 9.78 Å². The Bertz CT molecular complexity index is 475. The number of urea groups is 1. The van der Waals surface area contributed by atoms with E-state index in [1.807, 2.05) is 4.90 Å². The molecule has 2 amide bonds. The maximum Gasteiger partial charge on any atom is 0.317 e. The number of nitrogens with zero attached hydrogens (tertiary/aromatic N) is 2. The lowest BCUT2D eigenvalue weighted by Gasteiger charge is -2.31. The fraction of sp³-hybridized carbons (Fsp3) is 0.733. The molecule has 0 saturated carbocycles. The third-order valence-electron chi connectivity index (χ3n) is 3.95. The zero-order chi connectivity index (χ0) is 15.2. The predicted octanol–water partition coefficient (Wildman–Crippen LogP) is 1.97. The molecule has 1 saturated heterocycles. The van der Waals surface area contributed by atoms with Crippen LogP contribution in [-0.4, -0.2) is 47.3 Å². The lowest BCUT2D eigenvalue weighted by Crippen LogP contribution is -2.46. The summed E-state index contributed by atoms with van der Waals surface area (Å²) < 4.78 is 0. The van der Waals surface area contributed by atoms with Crippen LogP contribution in [0.5, 0.6) is 0 Å². The Labute approximate surface area is 130 Å². The van der Waals surface area contributed by atoms with Crippen molar-refractivity contribution in [1.82, 2.24) is 15.2 Å². The molecule has 0 spiro atoms. The van der Waals surface area contributed by atoms with E-state index in [1.54, 1.807) is 11.3 Å². The molecule has 1 aromatic rings. The molecule has 1 aromatic heterocycles. The second-order valence-electron chi connectivity index (χ2n) is 5.58. The Morgan fingerprint density at radius 2 is 2.38 bits per heavy atom. The number of carbonyl (C=O) groups is 1. The summed E-state index contributed by atoms with van der Waals surface area (Å²) in [4.78, 5) is 19.8. The van der Waals surface area contributed by atoms with Gasteiger partial charge in [-0.05, 0) is 32.1 Å². The molecule has 2 rings (SSSR count). The SMILES string of the molecule is CCc1nc(CCNC(=O)N2CCCC(CO)C2)sc1C. The van der Waals surface area contributed by atoms with Gasteiger partial charge >= 0.3 is 6.03 Å². The highest BCUT2D eigenvalue weighted by Gasteiger charge is 2.22. The monoisotopic (exact) mass is 311 g/mol. The highest BCUT2D eigenvalue weighted by atomic mass is 32.1. The Morgan fingerprint density at radius 3 is 3.05 bits per heavy atom. The molecule has 2 heterocycles. The van der Waals surface area contributed by atoms with Crippen LogP contribution in [0.15, 0.2) is 0 Å². The minimum Gasteiger partial charge on any atom is -0.396 e. The van der Waals surface area contributed by atoms with Crippen molar-refractivity contribution in [2.75, 3.05) is 26.2 Å². The first-order valence-electron chi connectivity index (χ1n) is 7.72. The molecular formula is C15H25N3O2S. The average molecular weight is 311 g/mol. The van der Waals surface area contributed by atoms with Crippen LogP contribution in [0.25, 0.3) is 0 Å². The smallest absolute Gasteiger partial charge is 0.317 e. The van der Waals surface area contributed by atoms with Crippen LogP contribution in [0.4, 0.5) is 4.79 Å². The van der Waals surface area contributed by atoms with Gasteiger partial charge in [-0.2, -0.15) is 0 Å². The molecule has 0 bridgehead atoms. The second kappa shape index (κ2) is 7.75. The lowest BCUT2D eigenvalue weighted by atomic mass is 9.99. The van der Waals surface area contributed by atoms with Crippen molar-refractivity contribution in [3.8, 4) is 0 Å². The minimum atomic E-state index is -0.0165. The lowest BCUT2D eigenvalue weighted by molar-refractivity contribution is 0.129. The topological polar surface area (TPSA) is 65.5 Å². The number of aliphatic hydroxyl groups excluding tert-OH is 1. The second-order valence-corrected chi connectivity index (χ2v) is 6.87. The predicted molar refractivity (Wildman–Crippen MR) is 84.7 cm³/mol. The Kier molecular flexibility index (Phi) is 5.99. The van der Waals surface area contributed by atoms with E-state index in [0.717, 1.165) is 37.2 Å². The summed E-state index contributed by atoms with van der Waals surface area (Å²) in [5.74, 6) is 0.234. The maximum absolute atomic E-state index is 12.1. The molecule has 0 radical (unpaired) electrons. The molecule has 0 aliphatic carbocycles. The molecule has 1 fully saturated rings. The van der Waals surface area contributed by atoms with Gasteiger partial charge in [-0.1, -0.05) is 6.92 Å². The van der Waals surface area contributed by atoms with Crippen molar-refractivity contribution in [2.24, 2.45) is 5.92 Å². The van der Waals surface area contributed by atoms with Crippen LogP contribution >= 0.6 is 11.3 Å². The Hall–Kier alpha value is -1.14. The van der Waals surface area contributed by atoms with Gasteiger partial charge in [0.2, 0.25) is 0 Å². The summed E-state index contributed by atoms with van der Waals surface area (Å²) in [6, 6.07) is -0.0165. The van der Waals surface area contributed by atoms with Gasteiger partial charge in [0.1, 0.15) is 0 Å². The standard InChI is InChI=1S/C15H25N3O2S/c1-3-13-11(2)21-14(17-13)6-7-16-15(20)18-8-4-5-12(9-18)10-19/h12,19H,3-10H2,1-2H3,(H,16,20). The third-order valence-corrected chi connectivity index (χ3v) is 5.02. The summed E-state index contributed by atoms with van der Waals surface area (Å²) in [5.41, 5.74) is 1.17. The highest BCUT2D eigenvalue weighted by Crippen LogP contribution is 2.18. The maximum atomic E-state index is 12.1. The minimum absolute atomic E-state index is 0.0165. The number of aromatic nitrogens is 1. The first kappa shape index (κ1) is 16.2. The third kappa shape index (κ3) is 4.41. The van der Waals surface area contributed by atoms with E-state index in [1.165, 1.54) is 10.6 Å². The summed E-state index contributed by atoms with van der Waals surface area (Å²) in [5, 5.41) is 13.3. The number of rotatable bonds is 5. The normalized spacial score (nSPS) is 18.8. The van der Waals surface area contributed by atoms with Gasteiger partial charge in [0.05, 0.1) is 10.7 Å². The van der Waals surface area contributed by atoms with Crippen molar-refractivity contribution >= 4 is 17.4 Å². The van der Waals surface area contributed by atoms with E-state index in [-0.39, 0.29) is 18.6 Å². The number of nitrogens with one attached hydrogen (secondary N) is 1. The van der Waals surface area contributed by atoms with Crippen LogP contribution in [0.1, 0.15) is 35.3 Å². The van der Waals surface area contributed by atoms with Gasteiger partial charge in [0.15, 0.2) is 0 Å². The van der Waals surface area contributed by atoms with Crippen molar-refractivity contribution in [2.45, 2.75) is 39.5 Å². The number of likely N-dealkylation sites (tertiary alicyclic amines) is 1. The van der Waals surface area contributed by atoms with E-state index in [2.05, 4.69) is 24.1 Å². The molecule has 1 atom stereocenters. The highest BCUT2D eigenvalue weighted by molar-refractivity contribution is 7.11. The molecule has 118 valence electrons. The molecule has 1 unspecified atom stereocenters. The Balaban J connectivity index is 1.75. The van der Waals surface area contributed by atoms with E-state index in [9.17, 15) is 9.90 Å². The van der Waals surface area contributed by atoms with Crippen molar-refractivity contribution in [1.29, 1.82) is 0 Å². The van der Waals surface area contributed by atoms with Gasteiger partial charge in [0.25, 0.3) is 0 Å². The van der Waals surface area contributed by atoms with E-state index >= 15 is 0 Å². The first-order valence-corrected chi connectivity index (χ1v) is 8.54. The fourth-order valence-corrected chi connectivity index (χ4v) is 3.73. The zero-order valence-corrected chi connectivity index (χ0v) is 13.7. The number of hydrogen-bond donors (Lipinski definition) is 2. The number of aryl methyl sites for hydroxylation is 2. The largest absolute Gasteiger partial charge is 0.396 e. The van der Waals surface area contributed by atoms with Crippen LogP contribution in [0.3, 0.4) is 0 Å². The number of aliphatic hydroxyl groups is 1. The number of amides is 2. The number of hydrogen-bond acceptors (Lipinski definition) is 4. The molecule has 5 nitrogen and oxygen atoms in total. The molecule has 21 heavy (non-hydrogen) atoms. The zero-order valence-electron chi connectivity index (χ0n) is 12.9.